The van der Waals surface area contributed by atoms with Gasteiger partial charge in [0, 0.05) is 18.3 Å². The van der Waals surface area contributed by atoms with Crippen molar-refractivity contribution in [3.05, 3.63) is 46.9 Å². The second-order valence-electron chi connectivity index (χ2n) is 4.38. The molecule has 20 heavy (non-hydrogen) atoms. The van der Waals surface area contributed by atoms with E-state index in [4.69, 9.17) is 5.11 Å². The zero-order chi connectivity index (χ0) is 14.9. The van der Waals surface area contributed by atoms with Gasteiger partial charge in [-0.05, 0) is 18.9 Å². The van der Waals surface area contributed by atoms with Crippen LogP contribution in [-0.2, 0) is 4.79 Å². The van der Waals surface area contributed by atoms with Gasteiger partial charge >= 0.3 is 5.97 Å². The molecule has 0 saturated heterocycles. The summed E-state index contributed by atoms with van der Waals surface area (Å²) < 4.78 is 39.3. The van der Waals surface area contributed by atoms with Crippen molar-refractivity contribution >= 4 is 11.8 Å². The molecule has 0 atom stereocenters. The normalized spacial score (nSPS) is 15.1. The molecule has 0 aliphatic heterocycles. The Hall–Kier alpha value is -2.31. The van der Waals surface area contributed by atoms with Crippen molar-refractivity contribution in [1.29, 1.82) is 0 Å². The number of carbonyl (C=O) groups is 2. The first kappa shape index (κ1) is 14.1. The number of hydrogen-bond acceptors (Lipinski definition) is 3. The predicted octanol–water partition coefficient (Wildman–Crippen LogP) is 2.01. The van der Waals surface area contributed by atoms with Gasteiger partial charge in [0.25, 0.3) is 0 Å². The maximum atomic E-state index is 13.4. The summed E-state index contributed by atoms with van der Waals surface area (Å²) in [5.41, 5.74) is -1.56. The van der Waals surface area contributed by atoms with Crippen molar-refractivity contribution < 1.29 is 27.9 Å². The van der Waals surface area contributed by atoms with Crippen LogP contribution >= 0.6 is 0 Å². The molecule has 1 aliphatic carbocycles. The van der Waals surface area contributed by atoms with Gasteiger partial charge in [0.05, 0.1) is 5.56 Å². The maximum absolute atomic E-state index is 13.4. The minimum atomic E-state index is -1.58. The minimum Gasteiger partial charge on any atom is -0.477 e. The summed E-state index contributed by atoms with van der Waals surface area (Å²) in [5.74, 6) is -6.98. The summed E-state index contributed by atoms with van der Waals surface area (Å²) in [6.45, 7) is 0. The molecule has 7 heteroatoms. The van der Waals surface area contributed by atoms with E-state index in [9.17, 15) is 22.8 Å². The van der Waals surface area contributed by atoms with Crippen molar-refractivity contribution in [2.75, 3.05) is 0 Å². The second kappa shape index (κ2) is 5.36. The Bertz CT molecular complexity index is 609. The lowest BCUT2D eigenvalue weighted by Crippen LogP contribution is -2.19. The third kappa shape index (κ3) is 2.98. The Balaban J connectivity index is 2.34. The summed E-state index contributed by atoms with van der Waals surface area (Å²) in [6, 6.07) is 0.643. The van der Waals surface area contributed by atoms with Gasteiger partial charge in [-0.25, -0.2) is 18.0 Å². The average Bonchev–Trinajstić information content (AvgIpc) is 3.17. The van der Waals surface area contributed by atoms with E-state index in [0.29, 0.717) is 6.07 Å². The van der Waals surface area contributed by atoms with E-state index in [1.165, 1.54) is 0 Å². The SMILES string of the molecule is O=C(O)/C(=C/NC1CC1)C(=O)c1cc(F)c(F)cc1F. The molecule has 1 fully saturated rings. The van der Waals surface area contributed by atoms with E-state index in [2.05, 4.69) is 5.32 Å². The predicted molar refractivity (Wildman–Crippen MR) is 62.5 cm³/mol. The number of carboxylic acids is 1. The Morgan fingerprint density at radius 1 is 1.15 bits per heavy atom. The number of nitrogens with one attached hydrogen (secondary N) is 1. The standard InChI is InChI=1S/C13H10F3NO3/c14-9-4-11(16)10(15)3-7(9)12(18)8(13(19)20)5-17-6-1-2-6/h3-6,17H,1-2H2,(H,19,20)/b8-5+. The highest BCUT2D eigenvalue weighted by atomic mass is 19.2. The summed E-state index contributed by atoms with van der Waals surface area (Å²) in [7, 11) is 0. The Morgan fingerprint density at radius 2 is 1.75 bits per heavy atom. The number of aliphatic carboxylic acids is 1. The smallest absolute Gasteiger partial charge is 0.341 e. The molecule has 0 bridgehead atoms. The fraction of sp³-hybridized carbons (Fsp3) is 0.231. The van der Waals surface area contributed by atoms with Crippen LogP contribution in [0.2, 0.25) is 0 Å². The molecule has 0 unspecified atom stereocenters. The van der Waals surface area contributed by atoms with Gasteiger partial charge in [0.1, 0.15) is 11.4 Å². The fourth-order valence-corrected chi connectivity index (χ4v) is 1.52. The third-order valence-corrected chi connectivity index (χ3v) is 2.77. The molecule has 1 aromatic carbocycles. The first-order valence-corrected chi connectivity index (χ1v) is 5.79. The maximum Gasteiger partial charge on any atom is 0.341 e. The second-order valence-corrected chi connectivity index (χ2v) is 4.38. The highest BCUT2D eigenvalue weighted by Gasteiger charge is 2.26. The highest BCUT2D eigenvalue weighted by Crippen LogP contribution is 2.20. The van der Waals surface area contributed by atoms with Gasteiger partial charge < -0.3 is 10.4 Å². The molecule has 0 heterocycles. The van der Waals surface area contributed by atoms with Gasteiger partial charge in [-0.1, -0.05) is 0 Å². The molecule has 0 radical (unpaired) electrons. The number of benzene rings is 1. The molecule has 1 saturated carbocycles. The molecule has 0 amide bonds. The largest absolute Gasteiger partial charge is 0.477 e. The lowest BCUT2D eigenvalue weighted by atomic mass is 10.0. The molecule has 2 rings (SSSR count). The van der Waals surface area contributed by atoms with Gasteiger partial charge in [0.15, 0.2) is 11.6 Å². The Kier molecular flexibility index (Phi) is 3.78. The summed E-state index contributed by atoms with van der Waals surface area (Å²) in [4.78, 5) is 22.9. The van der Waals surface area contributed by atoms with Crippen LogP contribution in [-0.4, -0.2) is 22.9 Å². The summed E-state index contributed by atoms with van der Waals surface area (Å²) in [6.07, 6.45) is 2.65. The number of hydrogen-bond donors (Lipinski definition) is 2. The zero-order valence-electron chi connectivity index (χ0n) is 10.1. The van der Waals surface area contributed by atoms with Crippen LogP contribution < -0.4 is 5.32 Å². The molecular weight excluding hydrogens is 275 g/mol. The fourth-order valence-electron chi connectivity index (χ4n) is 1.52. The number of rotatable bonds is 5. The number of carbonyl (C=O) groups excluding carboxylic acids is 1. The molecule has 0 aromatic heterocycles. The van der Waals surface area contributed by atoms with Crippen LogP contribution in [0.5, 0.6) is 0 Å². The van der Waals surface area contributed by atoms with Crippen LogP contribution in [0.25, 0.3) is 0 Å². The molecular formula is C13H10F3NO3. The van der Waals surface area contributed by atoms with Gasteiger partial charge in [0.2, 0.25) is 5.78 Å². The third-order valence-electron chi connectivity index (χ3n) is 2.77. The lowest BCUT2D eigenvalue weighted by molar-refractivity contribution is -0.132. The minimum absolute atomic E-state index is 0.0898. The number of halogens is 3. The van der Waals surface area contributed by atoms with Gasteiger partial charge in [-0.15, -0.1) is 0 Å². The van der Waals surface area contributed by atoms with Crippen molar-refractivity contribution in [3.63, 3.8) is 0 Å². The van der Waals surface area contributed by atoms with E-state index in [1.807, 2.05) is 0 Å². The van der Waals surface area contributed by atoms with E-state index in [-0.39, 0.29) is 12.1 Å². The van der Waals surface area contributed by atoms with Crippen molar-refractivity contribution in [3.8, 4) is 0 Å². The van der Waals surface area contributed by atoms with E-state index < -0.39 is 40.3 Å². The number of ketones is 1. The quantitative estimate of drug-likeness (QED) is 0.285. The first-order chi connectivity index (χ1) is 9.40. The van der Waals surface area contributed by atoms with E-state index >= 15 is 0 Å². The van der Waals surface area contributed by atoms with Crippen LogP contribution in [0.15, 0.2) is 23.9 Å². The molecule has 4 nitrogen and oxygen atoms in total. The average molecular weight is 285 g/mol. The Labute approximate surface area is 111 Å². The van der Waals surface area contributed by atoms with Crippen molar-refractivity contribution in [2.24, 2.45) is 0 Å². The molecule has 1 aliphatic rings. The zero-order valence-corrected chi connectivity index (χ0v) is 10.1. The van der Waals surface area contributed by atoms with Crippen molar-refractivity contribution in [1.82, 2.24) is 5.32 Å². The van der Waals surface area contributed by atoms with E-state index in [1.54, 1.807) is 0 Å². The van der Waals surface area contributed by atoms with Crippen LogP contribution in [0.1, 0.15) is 23.2 Å². The van der Waals surface area contributed by atoms with Crippen molar-refractivity contribution in [2.45, 2.75) is 18.9 Å². The van der Waals surface area contributed by atoms with Gasteiger partial charge in [-0.2, -0.15) is 0 Å². The summed E-state index contributed by atoms with van der Waals surface area (Å²) >= 11 is 0. The van der Waals surface area contributed by atoms with E-state index in [0.717, 1.165) is 19.0 Å². The first-order valence-electron chi connectivity index (χ1n) is 5.79. The highest BCUT2D eigenvalue weighted by molar-refractivity contribution is 6.23. The topological polar surface area (TPSA) is 66.4 Å². The number of carboxylic acid groups (broad SMARTS) is 1. The molecule has 0 spiro atoms. The van der Waals surface area contributed by atoms with Gasteiger partial charge in [-0.3, -0.25) is 4.79 Å². The van der Waals surface area contributed by atoms with Crippen LogP contribution in [0, 0.1) is 17.5 Å². The van der Waals surface area contributed by atoms with Crippen LogP contribution in [0.3, 0.4) is 0 Å². The monoisotopic (exact) mass is 285 g/mol. The summed E-state index contributed by atoms with van der Waals surface area (Å²) in [5, 5.41) is 11.6. The molecule has 1 aromatic rings. The lowest BCUT2D eigenvalue weighted by Gasteiger charge is -2.05. The molecule has 106 valence electrons. The Morgan fingerprint density at radius 3 is 2.30 bits per heavy atom. The number of Topliss-reactive ketones (excluding diaryl/α,β-unsaturated/α-hetero) is 1. The van der Waals surface area contributed by atoms with Crippen LogP contribution in [0.4, 0.5) is 13.2 Å². The molecule has 2 N–H and O–H groups in total.